The molecule has 1 fully saturated rings. The molecule has 0 amide bonds. The van der Waals surface area contributed by atoms with E-state index in [2.05, 4.69) is 10.3 Å². The van der Waals surface area contributed by atoms with E-state index < -0.39 is 0 Å². The van der Waals surface area contributed by atoms with Crippen LogP contribution < -0.4 is 10.1 Å². The first kappa shape index (κ1) is 16.9. The maximum Gasteiger partial charge on any atom is 0.339 e. The highest BCUT2D eigenvalue weighted by molar-refractivity contribution is 5.92. The van der Waals surface area contributed by atoms with E-state index in [0.29, 0.717) is 24.0 Å². The lowest BCUT2D eigenvalue weighted by molar-refractivity contribution is 0.0522. The van der Waals surface area contributed by atoms with Gasteiger partial charge in [-0.25, -0.2) is 9.78 Å². The lowest BCUT2D eigenvalue weighted by Crippen LogP contribution is -2.26. The quantitative estimate of drug-likeness (QED) is 0.786. The topological polar surface area (TPSA) is 60.5 Å². The zero-order valence-electron chi connectivity index (χ0n) is 15.2. The van der Waals surface area contributed by atoms with Crippen molar-refractivity contribution in [1.82, 2.24) is 4.98 Å². The van der Waals surface area contributed by atoms with Crippen LogP contribution in [0.15, 0.2) is 30.5 Å². The van der Waals surface area contributed by atoms with E-state index >= 15 is 0 Å². The molecule has 2 aromatic rings. The van der Waals surface area contributed by atoms with Crippen LogP contribution in [0.5, 0.6) is 5.75 Å². The number of ether oxygens (including phenoxy) is 2. The van der Waals surface area contributed by atoms with Gasteiger partial charge in [-0.05, 0) is 62.1 Å². The molecule has 5 nitrogen and oxygen atoms in total. The Labute approximate surface area is 153 Å². The number of nitrogens with zero attached hydrogens (tertiary/aromatic N) is 1. The number of carbonyl (C=O) groups is 1. The van der Waals surface area contributed by atoms with Crippen molar-refractivity contribution in [3.8, 4) is 5.75 Å². The van der Waals surface area contributed by atoms with E-state index in [0.717, 1.165) is 35.7 Å². The predicted molar refractivity (Wildman–Crippen MR) is 100 cm³/mol. The number of nitrogens with one attached hydrogen (secondary N) is 1. The summed E-state index contributed by atoms with van der Waals surface area (Å²) in [5.41, 5.74) is 3.95. The van der Waals surface area contributed by atoms with Gasteiger partial charge in [0.2, 0.25) is 0 Å². The Bertz CT molecular complexity index is 826. The molecule has 0 aliphatic heterocycles. The number of pyridine rings is 1. The fourth-order valence-corrected chi connectivity index (χ4v) is 4.37. The third-order valence-corrected chi connectivity index (χ3v) is 5.53. The number of fused-ring (bicyclic) bond motifs is 2. The highest BCUT2D eigenvalue weighted by atomic mass is 16.5. The molecule has 1 heterocycles. The van der Waals surface area contributed by atoms with Crippen LogP contribution in [-0.4, -0.2) is 24.7 Å². The smallest absolute Gasteiger partial charge is 0.339 e. The molecule has 136 valence electrons. The number of rotatable bonds is 5. The molecule has 0 unspecified atom stereocenters. The number of anilines is 2. The third kappa shape index (κ3) is 2.91. The lowest BCUT2D eigenvalue weighted by Gasteiger charge is -2.40. The van der Waals surface area contributed by atoms with E-state index in [1.54, 1.807) is 13.3 Å². The average Bonchev–Trinajstić information content (AvgIpc) is 2.69. The highest BCUT2D eigenvalue weighted by Crippen LogP contribution is 2.52. The fraction of sp³-hybridized carbons (Fsp3) is 0.429. The van der Waals surface area contributed by atoms with Gasteiger partial charge in [0.25, 0.3) is 0 Å². The van der Waals surface area contributed by atoms with Crippen molar-refractivity contribution in [3.05, 3.63) is 47.2 Å². The molecule has 3 aliphatic rings. The summed E-state index contributed by atoms with van der Waals surface area (Å²) in [5.74, 6) is 2.30. The number of esters is 1. The molecule has 1 aromatic carbocycles. The molecule has 5 heteroatoms. The number of hydrogen-bond acceptors (Lipinski definition) is 5. The monoisotopic (exact) mass is 352 g/mol. The van der Waals surface area contributed by atoms with Gasteiger partial charge in [-0.15, -0.1) is 0 Å². The molecular weight excluding hydrogens is 328 g/mol. The van der Waals surface area contributed by atoms with E-state index in [1.807, 2.05) is 31.2 Å². The van der Waals surface area contributed by atoms with E-state index in [9.17, 15) is 4.79 Å². The fourth-order valence-electron chi connectivity index (χ4n) is 4.37. The average molecular weight is 352 g/mol. The van der Waals surface area contributed by atoms with Crippen LogP contribution in [0.25, 0.3) is 0 Å². The van der Waals surface area contributed by atoms with Crippen LogP contribution in [0.1, 0.15) is 65.9 Å². The van der Waals surface area contributed by atoms with Crippen molar-refractivity contribution in [3.63, 3.8) is 0 Å². The van der Waals surface area contributed by atoms with Crippen LogP contribution in [0, 0.1) is 0 Å². The molecule has 0 saturated heterocycles. The number of carbonyl (C=O) groups excluding carboxylic acids is 1. The summed E-state index contributed by atoms with van der Waals surface area (Å²) in [5, 5.41) is 3.45. The first-order valence-corrected chi connectivity index (χ1v) is 9.32. The van der Waals surface area contributed by atoms with Crippen molar-refractivity contribution >= 4 is 17.5 Å². The van der Waals surface area contributed by atoms with Crippen LogP contribution in [0.4, 0.5) is 11.5 Å². The second kappa shape index (κ2) is 6.98. The molecular formula is C21H24N2O3. The van der Waals surface area contributed by atoms with Crippen molar-refractivity contribution in [2.24, 2.45) is 0 Å². The summed E-state index contributed by atoms with van der Waals surface area (Å²) in [6, 6.07) is 7.82. The lowest BCUT2D eigenvalue weighted by atomic mass is 9.66. The summed E-state index contributed by atoms with van der Waals surface area (Å²) in [4.78, 5) is 17.1. The molecule has 3 aliphatic carbocycles. The van der Waals surface area contributed by atoms with Gasteiger partial charge in [-0.1, -0.05) is 6.07 Å². The molecule has 1 N–H and O–H groups in total. The Morgan fingerprint density at radius 1 is 1.19 bits per heavy atom. The SMILES string of the molecule is CCOC(=O)c1cnc(Nc2cccc(OC)c2)c2c1C1CCC2CC1. The maximum atomic E-state index is 12.4. The number of benzene rings is 1. The van der Waals surface area contributed by atoms with Crippen molar-refractivity contribution in [2.75, 3.05) is 19.0 Å². The van der Waals surface area contributed by atoms with Gasteiger partial charge < -0.3 is 14.8 Å². The molecule has 0 spiro atoms. The van der Waals surface area contributed by atoms with E-state index in [1.165, 1.54) is 18.4 Å². The van der Waals surface area contributed by atoms with E-state index in [4.69, 9.17) is 9.47 Å². The Morgan fingerprint density at radius 3 is 2.62 bits per heavy atom. The van der Waals surface area contributed by atoms with Gasteiger partial charge in [-0.3, -0.25) is 0 Å². The Hall–Kier alpha value is -2.56. The number of aromatic nitrogens is 1. The van der Waals surface area contributed by atoms with Gasteiger partial charge in [0.15, 0.2) is 0 Å². The Kier molecular flexibility index (Phi) is 4.53. The van der Waals surface area contributed by atoms with Gasteiger partial charge in [0.1, 0.15) is 11.6 Å². The minimum atomic E-state index is -0.253. The Morgan fingerprint density at radius 2 is 1.92 bits per heavy atom. The van der Waals surface area contributed by atoms with Crippen LogP contribution in [0.2, 0.25) is 0 Å². The normalized spacial score (nSPS) is 20.4. The first-order valence-electron chi connectivity index (χ1n) is 9.32. The van der Waals surface area contributed by atoms with Gasteiger partial charge >= 0.3 is 5.97 Å². The summed E-state index contributed by atoms with van der Waals surface area (Å²) < 4.78 is 10.6. The third-order valence-electron chi connectivity index (χ3n) is 5.53. The van der Waals surface area contributed by atoms with Crippen molar-refractivity contribution in [2.45, 2.75) is 44.4 Å². The van der Waals surface area contributed by atoms with Crippen molar-refractivity contribution < 1.29 is 14.3 Å². The zero-order chi connectivity index (χ0) is 18.1. The molecule has 1 saturated carbocycles. The van der Waals surface area contributed by atoms with E-state index in [-0.39, 0.29) is 5.97 Å². The molecule has 26 heavy (non-hydrogen) atoms. The van der Waals surface area contributed by atoms with Crippen LogP contribution in [0.3, 0.4) is 0 Å². The van der Waals surface area contributed by atoms with Crippen LogP contribution in [-0.2, 0) is 4.74 Å². The summed E-state index contributed by atoms with van der Waals surface area (Å²) in [7, 11) is 1.66. The maximum absolute atomic E-state index is 12.4. The molecule has 1 aromatic heterocycles. The number of methoxy groups -OCH3 is 1. The molecule has 0 radical (unpaired) electrons. The largest absolute Gasteiger partial charge is 0.497 e. The Balaban J connectivity index is 1.77. The van der Waals surface area contributed by atoms with Gasteiger partial charge in [-0.2, -0.15) is 0 Å². The zero-order valence-corrected chi connectivity index (χ0v) is 15.2. The summed E-state index contributed by atoms with van der Waals surface area (Å²) in [6.07, 6.45) is 6.30. The molecule has 5 rings (SSSR count). The second-order valence-corrected chi connectivity index (χ2v) is 6.97. The minimum Gasteiger partial charge on any atom is -0.497 e. The highest BCUT2D eigenvalue weighted by Gasteiger charge is 2.38. The van der Waals surface area contributed by atoms with Gasteiger partial charge in [0.05, 0.1) is 19.3 Å². The van der Waals surface area contributed by atoms with Crippen molar-refractivity contribution in [1.29, 1.82) is 0 Å². The van der Waals surface area contributed by atoms with Gasteiger partial charge in [0, 0.05) is 23.5 Å². The predicted octanol–water partition coefficient (Wildman–Crippen LogP) is 4.77. The number of hydrogen-bond donors (Lipinski definition) is 1. The molecule has 2 bridgehead atoms. The second-order valence-electron chi connectivity index (χ2n) is 6.97. The minimum absolute atomic E-state index is 0.253. The van der Waals surface area contributed by atoms with Crippen LogP contribution >= 0.6 is 0 Å². The first-order chi connectivity index (χ1) is 12.7. The summed E-state index contributed by atoms with van der Waals surface area (Å²) in [6.45, 7) is 2.22. The summed E-state index contributed by atoms with van der Waals surface area (Å²) >= 11 is 0. The standard InChI is InChI=1S/C21H24N2O3/c1-3-26-21(24)17-12-22-20(23-15-5-4-6-16(11-15)25-2)19-14-9-7-13(8-10-14)18(17)19/h4-6,11-14H,3,7-10H2,1-2H3,(H,22,23). The molecule has 0 atom stereocenters.